The largest absolute Gasteiger partial charge is 0.383 e. The van der Waals surface area contributed by atoms with Gasteiger partial charge in [-0.05, 0) is 33.4 Å². The molecule has 0 aliphatic rings. The number of nitrogens with one attached hydrogen (secondary N) is 1. The number of rotatable bonds is 8. The Balaban J connectivity index is 3.85. The molecule has 0 spiro atoms. The van der Waals surface area contributed by atoms with E-state index in [1.807, 2.05) is 0 Å². The summed E-state index contributed by atoms with van der Waals surface area (Å²) in [5, 5.41) is 3.50. The molecule has 3 heteroatoms. The summed E-state index contributed by atoms with van der Waals surface area (Å²) < 4.78 is 5.10. The summed E-state index contributed by atoms with van der Waals surface area (Å²) in [5.74, 6) is 0.747. The van der Waals surface area contributed by atoms with Crippen LogP contribution in [-0.2, 0) is 4.74 Å². The second-order valence-electron chi connectivity index (χ2n) is 5.01. The van der Waals surface area contributed by atoms with Gasteiger partial charge in [-0.25, -0.2) is 0 Å². The molecular weight excluding hydrogens is 188 g/mol. The molecule has 3 nitrogen and oxygen atoms in total. The SMILES string of the molecule is COCC(C)NCC(CC(C)C)N(C)C. The van der Waals surface area contributed by atoms with Crippen molar-refractivity contribution < 1.29 is 4.74 Å². The molecule has 0 aromatic rings. The van der Waals surface area contributed by atoms with E-state index in [0.717, 1.165) is 19.1 Å². The highest BCUT2D eigenvalue weighted by atomic mass is 16.5. The van der Waals surface area contributed by atoms with Crippen LogP contribution >= 0.6 is 0 Å². The zero-order valence-electron chi connectivity index (χ0n) is 11.2. The lowest BCUT2D eigenvalue weighted by molar-refractivity contribution is 0.163. The van der Waals surface area contributed by atoms with E-state index in [0.29, 0.717) is 12.1 Å². The lowest BCUT2D eigenvalue weighted by Gasteiger charge is -2.27. The van der Waals surface area contributed by atoms with Crippen LogP contribution in [-0.4, -0.2) is 51.3 Å². The number of methoxy groups -OCH3 is 1. The Bertz CT molecular complexity index is 149. The normalized spacial score (nSPS) is 16.0. The van der Waals surface area contributed by atoms with Crippen molar-refractivity contribution in [2.24, 2.45) is 5.92 Å². The molecular formula is C12H28N2O. The van der Waals surface area contributed by atoms with Crippen molar-refractivity contribution >= 4 is 0 Å². The second kappa shape index (κ2) is 8.08. The summed E-state index contributed by atoms with van der Waals surface area (Å²) in [7, 11) is 6.04. The third kappa shape index (κ3) is 7.77. The predicted molar refractivity (Wildman–Crippen MR) is 66.3 cm³/mol. The fourth-order valence-corrected chi connectivity index (χ4v) is 1.67. The van der Waals surface area contributed by atoms with Crippen molar-refractivity contribution in [2.45, 2.75) is 39.3 Å². The minimum atomic E-state index is 0.435. The Kier molecular flexibility index (Phi) is 8.02. The maximum absolute atomic E-state index is 5.10. The average Bonchev–Trinajstić information content (AvgIpc) is 2.11. The van der Waals surface area contributed by atoms with E-state index in [1.54, 1.807) is 7.11 Å². The van der Waals surface area contributed by atoms with Gasteiger partial charge in [0.2, 0.25) is 0 Å². The molecule has 0 bridgehead atoms. The molecule has 0 rings (SSSR count). The van der Waals surface area contributed by atoms with E-state index in [-0.39, 0.29) is 0 Å². The molecule has 92 valence electrons. The molecule has 0 radical (unpaired) electrons. The first-order chi connectivity index (χ1) is 6.97. The maximum atomic E-state index is 5.10. The Morgan fingerprint density at radius 2 is 1.80 bits per heavy atom. The molecule has 15 heavy (non-hydrogen) atoms. The van der Waals surface area contributed by atoms with Gasteiger partial charge in [0.25, 0.3) is 0 Å². The van der Waals surface area contributed by atoms with Crippen LogP contribution in [0.15, 0.2) is 0 Å². The average molecular weight is 216 g/mol. The summed E-state index contributed by atoms with van der Waals surface area (Å²) in [6.07, 6.45) is 1.24. The molecule has 0 saturated carbocycles. The van der Waals surface area contributed by atoms with Gasteiger partial charge >= 0.3 is 0 Å². The highest BCUT2D eigenvalue weighted by molar-refractivity contribution is 4.73. The lowest BCUT2D eigenvalue weighted by atomic mass is 10.0. The molecule has 0 saturated heterocycles. The Morgan fingerprint density at radius 3 is 2.20 bits per heavy atom. The van der Waals surface area contributed by atoms with Gasteiger partial charge in [-0.1, -0.05) is 13.8 Å². The predicted octanol–water partition coefficient (Wildman–Crippen LogP) is 1.59. The van der Waals surface area contributed by atoms with Crippen molar-refractivity contribution in [1.82, 2.24) is 10.2 Å². The van der Waals surface area contributed by atoms with Crippen molar-refractivity contribution in [3.8, 4) is 0 Å². The van der Waals surface area contributed by atoms with Gasteiger partial charge in [-0.15, -0.1) is 0 Å². The minimum Gasteiger partial charge on any atom is -0.383 e. The Labute approximate surface area is 95.2 Å². The van der Waals surface area contributed by atoms with Crippen LogP contribution in [0.25, 0.3) is 0 Å². The first kappa shape index (κ1) is 14.9. The van der Waals surface area contributed by atoms with Crippen molar-refractivity contribution in [3.05, 3.63) is 0 Å². The Hall–Kier alpha value is -0.120. The van der Waals surface area contributed by atoms with Gasteiger partial charge in [0.1, 0.15) is 0 Å². The highest BCUT2D eigenvalue weighted by Crippen LogP contribution is 2.08. The van der Waals surface area contributed by atoms with Crippen LogP contribution in [0.4, 0.5) is 0 Å². The summed E-state index contributed by atoms with van der Waals surface area (Å²) in [6, 6.07) is 1.05. The smallest absolute Gasteiger partial charge is 0.0613 e. The van der Waals surface area contributed by atoms with Gasteiger partial charge in [0.15, 0.2) is 0 Å². The summed E-state index contributed by atoms with van der Waals surface area (Å²) in [6.45, 7) is 8.52. The molecule has 2 atom stereocenters. The summed E-state index contributed by atoms with van der Waals surface area (Å²) in [5.41, 5.74) is 0. The molecule has 0 aromatic heterocycles. The number of hydrogen-bond acceptors (Lipinski definition) is 3. The van der Waals surface area contributed by atoms with Gasteiger partial charge in [-0.3, -0.25) is 0 Å². The van der Waals surface area contributed by atoms with Crippen LogP contribution in [0, 0.1) is 5.92 Å². The fourth-order valence-electron chi connectivity index (χ4n) is 1.67. The van der Waals surface area contributed by atoms with Crippen LogP contribution in [0.3, 0.4) is 0 Å². The molecule has 0 amide bonds. The van der Waals surface area contributed by atoms with Gasteiger partial charge in [0, 0.05) is 25.7 Å². The van der Waals surface area contributed by atoms with E-state index >= 15 is 0 Å². The first-order valence-electron chi connectivity index (χ1n) is 5.86. The van der Waals surface area contributed by atoms with Crippen LogP contribution < -0.4 is 5.32 Å². The molecule has 2 unspecified atom stereocenters. The number of nitrogens with zero attached hydrogens (tertiary/aromatic N) is 1. The van der Waals surface area contributed by atoms with E-state index in [9.17, 15) is 0 Å². The quantitative estimate of drug-likeness (QED) is 0.667. The highest BCUT2D eigenvalue weighted by Gasteiger charge is 2.13. The van der Waals surface area contributed by atoms with Crippen LogP contribution in [0.2, 0.25) is 0 Å². The molecule has 1 N–H and O–H groups in total. The zero-order chi connectivity index (χ0) is 11.8. The standard InChI is InChI=1S/C12H28N2O/c1-10(2)7-12(14(4)5)8-13-11(3)9-15-6/h10-13H,7-9H2,1-6H3. The molecule has 0 fully saturated rings. The van der Waals surface area contributed by atoms with E-state index in [4.69, 9.17) is 4.74 Å². The summed E-state index contributed by atoms with van der Waals surface area (Å²) >= 11 is 0. The third-order valence-electron chi connectivity index (χ3n) is 2.59. The van der Waals surface area contributed by atoms with Gasteiger partial charge in [-0.2, -0.15) is 0 Å². The summed E-state index contributed by atoms with van der Waals surface area (Å²) in [4.78, 5) is 2.30. The van der Waals surface area contributed by atoms with Crippen molar-refractivity contribution in [2.75, 3.05) is 34.4 Å². The first-order valence-corrected chi connectivity index (χ1v) is 5.86. The van der Waals surface area contributed by atoms with Crippen molar-refractivity contribution in [3.63, 3.8) is 0 Å². The number of likely N-dealkylation sites (N-methyl/N-ethyl adjacent to an activating group) is 1. The molecule has 0 heterocycles. The topological polar surface area (TPSA) is 24.5 Å². The van der Waals surface area contributed by atoms with Gasteiger partial charge in [0.05, 0.1) is 6.61 Å². The lowest BCUT2D eigenvalue weighted by Crippen LogP contribution is -2.43. The monoisotopic (exact) mass is 216 g/mol. The van der Waals surface area contributed by atoms with Crippen molar-refractivity contribution in [1.29, 1.82) is 0 Å². The number of ether oxygens (including phenoxy) is 1. The van der Waals surface area contributed by atoms with Crippen LogP contribution in [0.1, 0.15) is 27.2 Å². The van der Waals surface area contributed by atoms with E-state index in [2.05, 4.69) is 45.1 Å². The fraction of sp³-hybridized carbons (Fsp3) is 1.00. The molecule has 0 aromatic carbocycles. The molecule has 0 aliphatic carbocycles. The Morgan fingerprint density at radius 1 is 1.20 bits per heavy atom. The zero-order valence-corrected chi connectivity index (χ0v) is 11.2. The maximum Gasteiger partial charge on any atom is 0.0613 e. The molecule has 0 aliphatic heterocycles. The third-order valence-corrected chi connectivity index (χ3v) is 2.59. The second-order valence-corrected chi connectivity index (χ2v) is 5.01. The van der Waals surface area contributed by atoms with Gasteiger partial charge < -0.3 is 15.0 Å². The number of hydrogen-bond donors (Lipinski definition) is 1. The van der Waals surface area contributed by atoms with E-state index < -0.39 is 0 Å². The van der Waals surface area contributed by atoms with Crippen LogP contribution in [0.5, 0.6) is 0 Å². The van der Waals surface area contributed by atoms with E-state index in [1.165, 1.54) is 6.42 Å². The minimum absolute atomic E-state index is 0.435.